The van der Waals surface area contributed by atoms with Crippen LogP contribution in [0.2, 0.25) is 0 Å². The standard InChI is InChI=1S/C17H23N3/c1-17(2,16-7-9-19-10-8-16)13-20-12-15-5-3-14(11-18)4-6-15/h3-10,20H,11-13,18H2,1-2H3. The zero-order chi connectivity index (χ0) is 14.4. The van der Waals surface area contributed by atoms with E-state index in [1.165, 1.54) is 16.7 Å². The fourth-order valence-corrected chi connectivity index (χ4v) is 2.22. The first kappa shape index (κ1) is 14.7. The van der Waals surface area contributed by atoms with Crippen LogP contribution in [0, 0.1) is 0 Å². The molecule has 0 amide bonds. The minimum atomic E-state index is 0.0974. The van der Waals surface area contributed by atoms with Gasteiger partial charge < -0.3 is 11.1 Å². The number of nitrogens with zero attached hydrogens (tertiary/aromatic N) is 1. The average Bonchev–Trinajstić information content (AvgIpc) is 2.49. The zero-order valence-electron chi connectivity index (χ0n) is 12.3. The van der Waals surface area contributed by atoms with Crippen LogP contribution in [0.1, 0.15) is 30.5 Å². The third-order valence-corrected chi connectivity index (χ3v) is 3.62. The van der Waals surface area contributed by atoms with Gasteiger partial charge in [0.25, 0.3) is 0 Å². The van der Waals surface area contributed by atoms with Crippen molar-refractivity contribution in [1.29, 1.82) is 0 Å². The Morgan fingerprint density at radius 3 is 2.20 bits per heavy atom. The summed E-state index contributed by atoms with van der Waals surface area (Å²) in [5, 5.41) is 3.53. The fourth-order valence-electron chi connectivity index (χ4n) is 2.22. The molecule has 20 heavy (non-hydrogen) atoms. The Balaban J connectivity index is 1.88. The quantitative estimate of drug-likeness (QED) is 0.847. The highest BCUT2D eigenvalue weighted by Gasteiger charge is 2.19. The highest BCUT2D eigenvalue weighted by Crippen LogP contribution is 2.21. The minimum absolute atomic E-state index is 0.0974. The summed E-state index contributed by atoms with van der Waals surface area (Å²) in [6, 6.07) is 12.6. The second kappa shape index (κ2) is 6.64. The predicted molar refractivity (Wildman–Crippen MR) is 83.3 cm³/mol. The molecule has 1 heterocycles. The SMILES string of the molecule is CC(C)(CNCc1ccc(CN)cc1)c1ccncc1. The molecule has 0 aliphatic carbocycles. The van der Waals surface area contributed by atoms with E-state index in [9.17, 15) is 0 Å². The minimum Gasteiger partial charge on any atom is -0.326 e. The van der Waals surface area contributed by atoms with E-state index in [0.717, 1.165) is 13.1 Å². The van der Waals surface area contributed by atoms with Crippen LogP contribution < -0.4 is 11.1 Å². The van der Waals surface area contributed by atoms with Crippen LogP contribution >= 0.6 is 0 Å². The van der Waals surface area contributed by atoms with Crippen LogP contribution in [-0.4, -0.2) is 11.5 Å². The van der Waals surface area contributed by atoms with Gasteiger partial charge in [-0.05, 0) is 28.8 Å². The second-order valence-electron chi connectivity index (χ2n) is 5.74. The van der Waals surface area contributed by atoms with Gasteiger partial charge in [-0.2, -0.15) is 0 Å². The third kappa shape index (κ3) is 3.89. The van der Waals surface area contributed by atoms with E-state index in [1.54, 1.807) is 0 Å². The van der Waals surface area contributed by atoms with Crippen molar-refractivity contribution in [2.24, 2.45) is 5.73 Å². The third-order valence-electron chi connectivity index (χ3n) is 3.62. The lowest BCUT2D eigenvalue weighted by Gasteiger charge is -2.25. The molecule has 0 aliphatic rings. The van der Waals surface area contributed by atoms with Crippen LogP contribution in [0.25, 0.3) is 0 Å². The highest BCUT2D eigenvalue weighted by molar-refractivity contribution is 5.23. The number of hydrogen-bond donors (Lipinski definition) is 2. The van der Waals surface area contributed by atoms with Crippen LogP contribution in [0.15, 0.2) is 48.8 Å². The number of nitrogens with two attached hydrogens (primary N) is 1. The van der Waals surface area contributed by atoms with Gasteiger partial charge >= 0.3 is 0 Å². The lowest BCUT2D eigenvalue weighted by atomic mass is 9.85. The van der Waals surface area contributed by atoms with Gasteiger partial charge in [0.1, 0.15) is 0 Å². The molecule has 3 nitrogen and oxygen atoms in total. The molecular weight excluding hydrogens is 246 g/mol. The molecule has 3 heteroatoms. The summed E-state index contributed by atoms with van der Waals surface area (Å²) in [6.45, 7) is 6.89. The molecule has 0 spiro atoms. The molecule has 0 unspecified atom stereocenters. The van der Waals surface area contributed by atoms with Crippen molar-refractivity contribution in [3.05, 3.63) is 65.5 Å². The molecule has 0 fully saturated rings. The first-order chi connectivity index (χ1) is 9.62. The summed E-state index contributed by atoms with van der Waals surface area (Å²) in [7, 11) is 0. The van der Waals surface area contributed by atoms with Crippen LogP contribution in [0.5, 0.6) is 0 Å². The number of benzene rings is 1. The number of pyridine rings is 1. The van der Waals surface area contributed by atoms with Gasteiger partial charge in [0.2, 0.25) is 0 Å². The van der Waals surface area contributed by atoms with Crippen molar-refractivity contribution in [3.63, 3.8) is 0 Å². The molecule has 0 saturated heterocycles. The maximum Gasteiger partial charge on any atom is 0.0270 e. The molecular formula is C17H23N3. The van der Waals surface area contributed by atoms with E-state index in [4.69, 9.17) is 5.73 Å². The van der Waals surface area contributed by atoms with E-state index in [-0.39, 0.29) is 5.41 Å². The normalized spacial score (nSPS) is 11.6. The topological polar surface area (TPSA) is 50.9 Å². The van der Waals surface area contributed by atoms with Gasteiger partial charge in [0, 0.05) is 37.4 Å². The highest BCUT2D eigenvalue weighted by atomic mass is 14.9. The summed E-state index contributed by atoms with van der Waals surface area (Å²) >= 11 is 0. The largest absolute Gasteiger partial charge is 0.326 e. The molecule has 0 aliphatic heterocycles. The van der Waals surface area contributed by atoms with E-state index in [2.05, 4.69) is 60.5 Å². The molecule has 0 atom stereocenters. The van der Waals surface area contributed by atoms with Gasteiger partial charge in [0.15, 0.2) is 0 Å². The number of rotatable bonds is 6. The van der Waals surface area contributed by atoms with E-state index < -0.39 is 0 Å². The molecule has 0 bridgehead atoms. The molecule has 3 N–H and O–H groups in total. The van der Waals surface area contributed by atoms with E-state index in [1.807, 2.05) is 12.4 Å². The summed E-state index contributed by atoms with van der Waals surface area (Å²) < 4.78 is 0. The molecule has 0 saturated carbocycles. The van der Waals surface area contributed by atoms with Crippen molar-refractivity contribution >= 4 is 0 Å². The predicted octanol–water partition coefficient (Wildman–Crippen LogP) is 2.61. The molecule has 0 radical (unpaired) electrons. The Hall–Kier alpha value is -1.71. The van der Waals surface area contributed by atoms with Crippen molar-refractivity contribution in [1.82, 2.24) is 10.3 Å². The monoisotopic (exact) mass is 269 g/mol. The molecule has 106 valence electrons. The summed E-state index contributed by atoms with van der Waals surface area (Å²) in [6.07, 6.45) is 3.70. The van der Waals surface area contributed by atoms with Crippen molar-refractivity contribution in [2.75, 3.05) is 6.54 Å². The van der Waals surface area contributed by atoms with Gasteiger partial charge in [-0.3, -0.25) is 4.98 Å². The Labute approximate surface area is 121 Å². The average molecular weight is 269 g/mol. The van der Waals surface area contributed by atoms with Crippen molar-refractivity contribution in [3.8, 4) is 0 Å². The van der Waals surface area contributed by atoms with Crippen LogP contribution in [-0.2, 0) is 18.5 Å². The number of aromatic nitrogens is 1. The van der Waals surface area contributed by atoms with Gasteiger partial charge in [-0.15, -0.1) is 0 Å². The fraction of sp³-hybridized carbons (Fsp3) is 0.353. The summed E-state index contributed by atoms with van der Waals surface area (Å²) in [5.41, 5.74) is 9.46. The van der Waals surface area contributed by atoms with Gasteiger partial charge in [-0.25, -0.2) is 0 Å². The maximum atomic E-state index is 5.60. The lowest BCUT2D eigenvalue weighted by Crippen LogP contribution is -2.32. The lowest BCUT2D eigenvalue weighted by molar-refractivity contribution is 0.468. The zero-order valence-corrected chi connectivity index (χ0v) is 12.3. The van der Waals surface area contributed by atoms with Gasteiger partial charge in [0.05, 0.1) is 0 Å². The Morgan fingerprint density at radius 2 is 1.60 bits per heavy atom. The number of nitrogens with one attached hydrogen (secondary N) is 1. The van der Waals surface area contributed by atoms with Crippen molar-refractivity contribution in [2.45, 2.75) is 32.4 Å². The van der Waals surface area contributed by atoms with Crippen LogP contribution in [0.4, 0.5) is 0 Å². The summed E-state index contributed by atoms with van der Waals surface area (Å²) in [4.78, 5) is 4.07. The molecule has 1 aromatic carbocycles. The van der Waals surface area contributed by atoms with E-state index >= 15 is 0 Å². The molecule has 2 aromatic rings. The van der Waals surface area contributed by atoms with Crippen molar-refractivity contribution < 1.29 is 0 Å². The maximum absolute atomic E-state index is 5.60. The first-order valence-electron chi connectivity index (χ1n) is 7.01. The molecule has 2 rings (SSSR count). The summed E-state index contributed by atoms with van der Waals surface area (Å²) in [5.74, 6) is 0. The second-order valence-corrected chi connectivity index (χ2v) is 5.74. The van der Waals surface area contributed by atoms with Gasteiger partial charge in [-0.1, -0.05) is 38.1 Å². The first-order valence-corrected chi connectivity index (χ1v) is 7.01. The Morgan fingerprint density at radius 1 is 1.00 bits per heavy atom. The van der Waals surface area contributed by atoms with E-state index in [0.29, 0.717) is 6.54 Å². The Kier molecular flexibility index (Phi) is 4.88. The molecule has 1 aromatic heterocycles. The number of hydrogen-bond acceptors (Lipinski definition) is 3. The van der Waals surface area contributed by atoms with Crippen LogP contribution in [0.3, 0.4) is 0 Å². The smallest absolute Gasteiger partial charge is 0.0270 e. The Bertz CT molecular complexity index is 518.